The Bertz CT molecular complexity index is 478. The second kappa shape index (κ2) is 5.66. The molecule has 1 aromatic rings. The third-order valence-electron chi connectivity index (χ3n) is 4.51. The van der Waals surface area contributed by atoms with E-state index in [4.69, 9.17) is 4.74 Å². The van der Waals surface area contributed by atoms with Crippen molar-refractivity contribution in [3.63, 3.8) is 0 Å². The second-order valence-corrected chi connectivity index (χ2v) is 6.32. The molecular formula is C16H23NO4. The molecule has 0 saturated carbocycles. The summed E-state index contributed by atoms with van der Waals surface area (Å²) in [6, 6.07) is 10.1. The highest BCUT2D eigenvalue weighted by Crippen LogP contribution is 2.36. The number of fused-ring (bicyclic) bond motifs is 1. The second-order valence-electron chi connectivity index (χ2n) is 6.32. The molecule has 5 heteroatoms. The van der Waals surface area contributed by atoms with E-state index in [1.807, 2.05) is 18.2 Å². The molecule has 3 N–H and O–H groups in total. The summed E-state index contributed by atoms with van der Waals surface area (Å²) in [6.07, 6.45) is -0.974. The first-order chi connectivity index (χ1) is 9.96. The Labute approximate surface area is 124 Å². The molecule has 0 amide bonds. The van der Waals surface area contributed by atoms with Crippen molar-refractivity contribution in [2.24, 2.45) is 0 Å². The minimum absolute atomic E-state index is 0.0536. The fourth-order valence-corrected chi connectivity index (χ4v) is 3.44. The van der Waals surface area contributed by atoms with E-state index in [-0.39, 0.29) is 6.04 Å². The zero-order valence-corrected chi connectivity index (χ0v) is 12.2. The maximum absolute atomic E-state index is 10.1. The maximum Gasteiger partial charge on any atom is 0.164 e. The first kappa shape index (κ1) is 14.9. The van der Waals surface area contributed by atoms with Crippen molar-refractivity contribution in [3.8, 4) is 0 Å². The summed E-state index contributed by atoms with van der Waals surface area (Å²) in [5, 5.41) is 30.2. The van der Waals surface area contributed by atoms with Crippen molar-refractivity contribution in [2.75, 3.05) is 13.1 Å². The third kappa shape index (κ3) is 3.12. The summed E-state index contributed by atoms with van der Waals surface area (Å²) in [5.41, 5.74) is 1.24. The molecule has 0 bridgehead atoms. The Morgan fingerprint density at radius 1 is 1.29 bits per heavy atom. The van der Waals surface area contributed by atoms with Crippen LogP contribution < -0.4 is 0 Å². The van der Waals surface area contributed by atoms with Gasteiger partial charge in [0.1, 0.15) is 12.2 Å². The summed E-state index contributed by atoms with van der Waals surface area (Å²) in [6.45, 7) is 2.79. The van der Waals surface area contributed by atoms with Crippen LogP contribution in [0, 0.1) is 0 Å². The van der Waals surface area contributed by atoms with Crippen LogP contribution in [0.5, 0.6) is 0 Å². The van der Waals surface area contributed by atoms with Crippen LogP contribution in [0.4, 0.5) is 0 Å². The van der Waals surface area contributed by atoms with Crippen LogP contribution in [0.25, 0.3) is 0 Å². The standard InChI is InChI=1S/C16H23NO4/c1-16(20)9-12-15(21-16)14(19)13(18)10-17(12)8-7-11-5-3-2-4-6-11/h2-6,12-15,18-20H,7-10H2,1H3/t12-,13-,14-,15+,16?/m1/s1. The number of likely N-dealkylation sites (tertiary alicyclic amines) is 1. The van der Waals surface area contributed by atoms with Crippen LogP contribution in [0.2, 0.25) is 0 Å². The summed E-state index contributed by atoms with van der Waals surface area (Å²) in [5.74, 6) is -1.23. The lowest BCUT2D eigenvalue weighted by Crippen LogP contribution is -2.59. The average Bonchev–Trinajstić information content (AvgIpc) is 2.79. The number of rotatable bonds is 3. The molecule has 2 heterocycles. The van der Waals surface area contributed by atoms with Crippen LogP contribution in [-0.4, -0.2) is 63.4 Å². The van der Waals surface area contributed by atoms with Gasteiger partial charge in [-0.3, -0.25) is 4.90 Å². The van der Waals surface area contributed by atoms with E-state index in [9.17, 15) is 15.3 Å². The lowest BCUT2D eigenvalue weighted by atomic mass is 9.92. The Balaban J connectivity index is 1.69. The lowest BCUT2D eigenvalue weighted by Gasteiger charge is -2.41. The molecule has 5 nitrogen and oxygen atoms in total. The highest BCUT2D eigenvalue weighted by atomic mass is 16.6. The molecule has 1 aromatic carbocycles. The van der Waals surface area contributed by atoms with Gasteiger partial charge in [0.15, 0.2) is 5.79 Å². The highest BCUT2D eigenvalue weighted by Gasteiger charge is 2.52. The van der Waals surface area contributed by atoms with Crippen molar-refractivity contribution >= 4 is 0 Å². The summed E-state index contributed by atoms with van der Waals surface area (Å²) in [4.78, 5) is 2.12. The molecule has 1 unspecified atom stereocenters. The molecule has 5 atom stereocenters. The first-order valence-corrected chi connectivity index (χ1v) is 7.50. The van der Waals surface area contributed by atoms with Gasteiger partial charge in [0.05, 0.1) is 6.10 Å². The van der Waals surface area contributed by atoms with Crippen LogP contribution >= 0.6 is 0 Å². The molecule has 2 aliphatic heterocycles. The Morgan fingerprint density at radius 3 is 2.71 bits per heavy atom. The van der Waals surface area contributed by atoms with Gasteiger partial charge in [-0.05, 0) is 18.9 Å². The Morgan fingerprint density at radius 2 is 2.00 bits per heavy atom. The number of hydrogen-bond acceptors (Lipinski definition) is 5. The number of piperidine rings is 1. The molecule has 0 aromatic heterocycles. The minimum Gasteiger partial charge on any atom is -0.389 e. The van der Waals surface area contributed by atoms with Crippen LogP contribution in [0.3, 0.4) is 0 Å². The normalized spacial score (nSPS) is 40.2. The molecule has 3 rings (SSSR count). The average molecular weight is 293 g/mol. The van der Waals surface area contributed by atoms with Gasteiger partial charge in [-0.2, -0.15) is 0 Å². The Kier molecular flexibility index (Phi) is 4.03. The molecule has 116 valence electrons. The van der Waals surface area contributed by atoms with Crippen molar-refractivity contribution < 1.29 is 20.1 Å². The third-order valence-corrected chi connectivity index (χ3v) is 4.51. The smallest absolute Gasteiger partial charge is 0.164 e. The fourth-order valence-electron chi connectivity index (χ4n) is 3.44. The highest BCUT2D eigenvalue weighted by molar-refractivity contribution is 5.15. The number of hydrogen-bond donors (Lipinski definition) is 3. The number of benzene rings is 1. The number of β-amino-alcohol motifs (C(OH)–C–C–N with tert-alkyl or cyclic N) is 1. The van der Waals surface area contributed by atoms with E-state index in [0.717, 1.165) is 13.0 Å². The molecule has 0 radical (unpaired) electrons. The van der Waals surface area contributed by atoms with Gasteiger partial charge in [-0.25, -0.2) is 0 Å². The van der Waals surface area contributed by atoms with E-state index in [1.165, 1.54) is 5.56 Å². The van der Waals surface area contributed by atoms with Crippen molar-refractivity contribution in [2.45, 2.75) is 49.9 Å². The largest absolute Gasteiger partial charge is 0.389 e. The lowest BCUT2D eigenvalue weighted by molar-refractivity contribution is -0.213. The van der Waals surface area contributed by atoms with Gasteiger partial charge in [0, 0.05) is 25.6 Å². The quantitative estimate of drug-likeness (QED) is 0.739. The zero-order valence-electron chi connectivity index (χ0n) is 12.2. The van der Waals surface area contributed by atoms with Crippen LogP contribution in [0.1, 0.15) is 18.9 Å². The number of nitrogens with zero attached hydrogens (tertiary/aromatic N) is 1. The van der Waals surface area contributed by atoms with E-state index < -0.39 is 24.1 Å². The van der Waals surface area contributed by atoms with E-state index in [0.29, 0.717) is 13.0 Å². The molecule has 2 aliphatic rings. The van der Waals surface area contributed by atoms with Gasteiger partial charge in [-0.15, -0.1) is 0 Å². The van der Waals surface area contributed by atoms with Gasteiger partial charge < -0.3 is 20.1 Å². The van der Waals surface area contributed by atoms with Crippen molar-refractivity contribution in [1.29, 1.82) is 0 Å². The molecular weight excluding hydrogens is 270 g/mol. The topological polar surface area (TPSA) is 73.2 Å². The molecule has 21 heavy (non-hydrogen) atoms. The SMILES string of the molecule is CC1(O)C[C@@H]2[C@H](O1)[C@H](O)[C@H](O)CN2CCc1ccccc1. The monoisotopic (exact) mass is 293 g/mol. The zero-order chi connectivity index (χ0) is 15.0. The fraction of sp³-hybridized carbons (Fsp3) is 0.625. The van der Waals surface area contributed by atoms with Gasteiger partial charge in [0.25, 0.3) is 0 Å². The summed E-state index contributed by atoms with van der Waals surface area (Å²) >= 11 is 0. The van der Waals surface area contributed by atoms with Crippen molar-refractivity contribution in [3.05, 3.63) is 35.9 Å². The molecule has 2 fully saturated rings. The molecule has 0 aliphatic carbocycles. The van der Waals surface area contributed by atoms with Gasteiger partial charge in [0.2, 0.25) is 0 Å². The predicted molar refractivity (Wildman–Crippen MR) is 77.6 cm³/mol. The van der Waals surface area contributed by atoms with E-state index in [2.05, 4.69) is 17.0 Å². The van der Waals surface area contributed by atoms with Gasteiger partial charge in [-0.1, -0.05) is 30.3 Å². The minimum atomic E-state index is -1.23. The van der Waals surface area contributed by atoms with Crippen molar-refractivity contribution in [1.82, 2.24) is 4.90 Å². The van der Waals surface area contributed by atoms with Gasteiger partial charge >= 0.3 is 0 Å². The Hall–Kier alpha value is -0.980. The summed E-state index contributed by atoms with van der Waals surface area (Å²) in [7, 11) is 0. The predicted octanol–water partition coefficient (Wildman–Crippen LogP) is 0.132. The molecule has 0 spiro atoms. The number of ether oxygens (including phenoxy) is 1. The number of aliphatic hydroxyl groups is 3. The first-order valence-electron chi connectivity index (χ1n) is 7.50. The van der Waals surface area contributed by atoms with Crippen LogP contribution in [0.15, 0.2) is 30.3 Å². The maximum atomic E-state index is 10.1. The molecule has 2 saturated heterocycles. The van der Waals surface area contributed by atoms with E-state index >= 15 is 0 Å². The van der Waals surface area contributed by atoms with E-state index in [1.54, 1.807) is 6.92 Å². The van der Waals surface area contributed by atoms with Crippen LogP contribution in [-0.2, 0) is 11.2 Å². The summed E-state index contributed by atoms with van der Waals surface area (Å²) < 4.78 is 5.52. The number of aliphatic hydroxyl groups excluding tert-OH is 2.